The number of nitrogens with zero attached hydrogens (tertiary/aromatic N) is 1. The van der Waals surface area contributed by atoms with Crippen molar-refractivity contribution in [3.05, 3.63) is 91.1 Å². The van der Waals surface area contributed by atoms with Gasteiger partial charge in [0.15, 0.2) is 29.2 Å². The van der Waals surface area contributed by atoms with E-state index in [4.69, 9.17) is 18.9 Å². The number of methoxy groups -OCH3 is 2. The van der Waals surface area contributed by atoms with Gasteiger partial charge in [0.05, 0.1) is 30.4 Å². The van der Waals surface area contributed by atoms with E-state index in [2.05, 4.69) is 90.6 Å². The summed E-state index contributed by atoms with van der Waals surface area (Å²) in [6.45, 7) is 0.233. The highest BCUT2D eigenvalue weighted by Crippen LogP contribution is 2.45. The van der Waals surface area contributed by atoms with Crippen LogP contribution in [0.3, 0.4) is 0 Å². The van der Waals surface area contributed by atoms with E-state index in [1.54, 1.807) is 14.2 Å². The molecule has 2 heterocycles. The summed E-state index contributed by atoms with van der Waals surface area (Å²) in [6, 6.07) is 29.8. The molecule has 7 rings (SSSR count). The molecule has 1 aliphatic heterocycles. The standard InChI is InChI=1S/C33H26NO4/c1-34-18-28-23(13-14-29(35-2)33(28)36-3)26-15-24(22-11-9-21(10-12-22)20-7-5-4-6-8-20)25-16-30-31(38-19-37-30)17-27(25)32(26)34/h4-18H,19H2,1-3H3/q+1. The van der Waals surface area contributed by atoms with Gasteiger partial charge in [-0.05, 0) is 52.6 Å². The molecule has 0 radical (unpaired) electrons. The third kappa shape index (κ3) is 3.36. The van der Waals surface area contributed by atoms with Crippen LogP contribution in [0.5, 0.6) is 23.0 Å². The molecular weight excluding hydrogens is 474 g/mol. The average molecular weight is 501 g/mol. The van der Waals surface area contributed by atoms with Gasteiger partial charge in [-0.25, -0.2) is 0 Å². The van der Waals surface area contributed by atoms with E-state index in [0.717, 1.165) is 60.8 Å². The lowest BCUT2D eigenvalue weighted by molar-refractivity contribution is -0.642. The van der Waals surface area contributed by atoms with Crippen molar-refractivity contribution in [2.24, 2.45) is 7.05 Å². The molecule has 0 saturated heterocycles. The van der Waals surface area contributed by atoms with Gasteiger partial charge in [-0.15, -0.1) is 0 Å². The van der Waals surface area contributed by atoms with Gasteiger partial charge in [0.1, 0.15) is 7.05 Å². The number of rotatable bonds is 4. The summed E-state index contributed by atoms with van der Waals surface area (Å²) in [5.41, 5.74) is 5.77. The molecule has 1 aliphatic rings. The van der Waals surface area contributed by atoms with Gasteiger partial charge in [-0.1, -0.05) is 54.6 Å². The molecule has 0 unspecified atom stereocenters. The van der Waals surface area contributed by atoms with E-state index in [9.17, 15) is 0 Å². The van der Waals surface area contributed by atoms with E-state index in [-0.39, 0.29) is 6.79 Å². The van der Waals surface area contributed by atoms with Gasteiger partial charge >= 0.3 is 0 Å². The summed E-state index contributed by atoms with van der Waals surface area (Å²) in [4.78, 5) is 0. The van der Waals surface area contributed by atoms with E-state index in [0.29, 0.717) is 5.75 Å². The van der Waals surface area contributed by atoms with Crippen molar-refractivity contribution < 1.29 is 23.5 Å². The van der Waals surface area contributed by atoms with Crippen LogP contribution in [0.25, 0.3) is 54.7 Å². The fourth-order valence-electron chi connectivity index (χ4n) is 5.67. The van der Waals surface area contributed by atoms with Crippen LogP contribution in [0.4, 0.5) is 0 Å². The van der Waals surface area contributed by atoms with Crippen molar-refractivity contribution >= 4 is 32.4 Å². The monoisotopic (exact) mass is 500 g/mol. The minimum atomic E-state index is 0.233. The third-order valence-electron chi connectivity index (χ3n) is 7.45. The molecule has 0 aliphatic carbocycles. The van der Waals surface area contributed by atoms with Crippen molar-refractivity contribution in [2.45, 2.75) is 0 Å². The molecule has 0 spiro atoms. The Morgan fingerprint density at radius 2 is 1.29 bits per heavy atom. The second-order valence-corrected chi connectivity index (χ2v) is 9.52. The molecule has 0 amide bonds. The number of aryl methyl sites for hydroxylation is 1. The summed E-state index contributed by atoms with van der Waals surface area (Å²) in [6.07, 6.45) is 2.11. The molecular formula is C33H26NO4+. The lowest BCUT2D eigenvalue weighted by Crippen LogP contribution is -2.28. The van der Waals surface area contributed by atoms with Gasteiger partial charge in [0.25, 0.3) is 0 Å². The first-order valence-electron chi connectivity index (χ1n) is 12.6. The Morgan fingerprint density at radius 1 is 0.632 bits per heavy atom. The van der Waals surface area contributed by atoms with Crippen molar-refractivity contribution in [3.63, 3.8) is 0 Å². The van der Waals surface area contributed by atoms with Crippen LogP contribution < -0.4 is 23.5 Å². The van der Waals surface area contributed by atoms with E-state index in [1.807, 2.05) is 12.1 Å². The van der Waals surface area contributed by atoms with Crippen molar-refractivity contribution in [2.75, 3.05) is 21.0 Å². The van der Waals surface area contributed by atoms with Crippen LogP contribution in [0, 0.1) is 0 Å². The van der Waals surface area contributed by atoms with Crippen molar-refractivity contribution in [3.8, 4) is 45.3 Å². The van der Waals surface area contributed by atoms with Gasteiger partial charge in [-0.2, -0.15) is 4.57 Å². The molecule has 38 heavy (non-hydrogen) atoms. The second-order valence-electron chi connectivity index (χ2n) is 9.52. The minimum Gasteiger partial charge on any atom is -0.493 e. The van der Waals surface area contributed by atoms with E-state index >= 15 is 0 Å². The van der Waals surface area contributed by atoms with Crippen molar-refractivity contribution in [1.82, 2.24) is 0 Å². The van der Waals surface area contributed by atoms with Crippen molar-refractivity contribution in [1.29, 1.82) is 0 Å². The topological polar surface area (TPSA) is 40.8 Å². The first-order valence-corrected chi connectivity index (χ1v) is 12.6. The van der Waals surface area contributed by atoms with Gasteiger partial charge in [0.2, 0.25) is 12.3 Å². The summed E-state index contributed by atoms with van der Waals surface area (Å²) < 4.78 is 25.1. The average Bonchev–Trinajstić information content (AvgIpc) is 3.43. The van der Waals surface area contributed by atoms with Crippen LogP contribution in [0.2, 0.25) is 0 Å². The molecule has 0 fully saturated rings. The number of ether oxygens (including phenoxy) is 4. The van der Waals surface area contributed by atoms with Gasteiger partial charge in [0, 0.05) is 10.8 Å². The van der Waals surface area contributed by atoms with Gasteiger partial charge < -0.3 is 18.9 Å². The first-order chi connectivity index (χ1) is 18.7. The lowest BCUT2D eigenvalue weighted by atomic mass is 9.92. The molecule has 1 aromatic heterocycles. The maximum absolute atomic E-state index is 5.80. The summed E-state index contributed by atoms with van der Waals surface area (Å²) in [5.74, 6) is 2.97. The van der Waals surface area contributed by atoms with Gasteiger partial charge in [-0.3, -0.25) is 0 Å². The van der Waals surface area contributed by atoms with E-state index in [1.165, 1.54) is 11.1 Å². The Labute approximate surface area is 220 Å². The number of benzene rings is 5. The molecule has 0 saturated carbocycles. The first kappa shape index (κ1) is 22.4. The molecule has 5 heteroatoms. The zero-order valence-electron chi connectivity index (χ0n) is 21.4. The second kappa shape index (κ2) is 8.67. The molecule has 0 N–H and O–H groups in total. The predicted octanol–water partition coefficient (Wildman–Crippen LogP) is 7.05. The molecule has 6 aromatic rings. The maximum atomic E-state index is 5.80. The van der Waals surface area contributed by atoms with Crippen LogP contribution in [-0.2, 0) is 7.05 Å². The Kier molecular flexibility index (Phi) is 5.11. The number of hydrogen-bond acceptors (Lipinski definition) is 4. The highest BCUT2D eigenvalue weighted by molar-refractivity contribution is 6.19. The summed E-state index contributed by atoms with van der Waals surface area (Å²) in [5, 5.41) is 5.43. The summed E-state index contributed by atoms with van der Waals surface area (Å²) >= 11 is 0. The smallest absolute Gasteiger partial charge is 0.231 e. The normalized spacial score (nSPS) is 12.4. The highest BCUT2D eigenvalue weighted by atomic mass is 16.7. The van der Waals surface area contributed by atoms with Crippen LogP contribution in [0.1, 0.15) is 0 Å². The minimum absolute atomic E-state index is 0.233. The fourth-order valence-corrected chi connectivity index (χ4v) is 5.67. The summed E-state index contributed by atoms with van der Waals surface area (Å²) in [7, 11) is 5.42. The van der Waals surface area contributed by atoms with Crippen LogP contribution in [-0.4, -0.2) is 21.0 Å². The zero-order valence-corrected chi connectivity index (χ0v) is 21.4. The molecule has 5 aromatic carbocycles. The molecule has 0 atom stereocenters. The quantitative estimate of drug-likeness (QED) is 0.192. The Hall–Kier alpha value is -4.77. The Bertz CT molecular complexity index is 1860. The molecule has 186 valence electrons. The number of pyridine rings is 1. The fraction of sp³-hybridized carbons (Fsp3) is 0.121. The number of hydrogen-bond donors (Lipinski definition) is 0. The zero-order chi connectivity index (χ0) is 25.8. The molecule has 0 bridgehead atoms. The van der Waals surface area contributed by atoms with Crippen LogP contribution >= 0.6 is 0 Å². The number of fused-ring (bicyclic) bond motifs is 6. The predicted molar refractivity (Wildman–Crippen MR) is 150 cm³/mol. The largest absolute Gasteiger partial charge is 0.493 e. The highest BCUT2D eigenvalue weighted by Gasteiger charge is 2.24. The third-order valence-corrected chi connectivity index (χ3v) is 7.45. The molecule has 5 nitrogen and oxygen atoms in total. The Morgan fingerprint density at radius 3 is 2.00 bits per heavy atom. The Balaban J connectivity index is 1.56. The maximum Gasteiger partial charge on any atom is 0.231 e. The number of aromatic nitrogens is 1. The van der Waals surface area contributed by atoms with E-state index < -0.39 is 0 Å². The van der Waals surface area contributed by atoms with Crippen LogP contribution in [0.15, 0.2) is 91.1 Å². The SMILES string of the molecule is COc1ccc2c(c[n+](C)c3c4cc5c(cc4c(-c4ccc(-c6ccccc6)cc4)cc23)OCO5)c1OC. The lowest BCUT2D eigenvalue weighted by Gasteiger charge is -2.15.